The van der Waals surface area contributed by atoms with E-state index in [0.717, 1.165) is 17.9 Å². The molecule has 0 spiro atoms. The Bertz CT molecular complexity index is 451. The van der Waals surface area contributed by atoms with E-state index in [2.05, 4.69) is 30.0 Å². The van der Waals surface area contributed by atoms with Gasteiger partial charge in [-0.1, -0.05) is 32.0 Å². The van der Waals surface area contributed by atoms with Crippen LogP contribution in [0.15, 0.2) is 35.2 Å². The molecule has 0 aliphatic carbocycles. The van der Waals surface area contributed by atoms with Crippen LogP contribution in [0.5, 0.6) is 0 Å². The van der Waals surface area contributed by atoms with Crippen LogP contribution in [0.1, 0.15) is 27.2 Å². The number of amides is 1. The number of nitrogens with one attached hydrogen (secondary N) is 3. The number of rotatable bonds is 6. The second-order valence-corrected chi connectivity index (χ2v) is 6.95. The van der Waals surface area contributed by atoms with Crippen molar-refractivity contribution >= 4 is 35.0 Å². The van der Waals surface area contributed by atoms with Crippen molar-refractivity contribution in [1.82, 2.24) is 16.2 Å². The lowest BCUT2D eigenvalue weighted by Crippen LogP contribution is -2.49. The fraction of sp³-hybridized carbons (Fsp3) is 0.467. The molecular weight excluding hydrogens is 302 g/mol. The Morgan fingerprint density at radius 2 is 1.86 bits per heavy atom. The number of benzene rings is 1. The molecule has 0 unspecified atom stereocenters. The van der Waals surface area contributed by atoms with Gasteiger partial charge in [0.15, 0.2) is 5.11 Å². The van der Waals surface area contributed by atoms with E-state index in [4.69, 9.17) is 12.2 Å². The highest BCUT2D eigenvalue weighted by molar-refractivity contribution is 8.00. The molecule has 1 aromatic rings. The molecule has 0 heterocycles. The highest BCUT2D eigenvalue weighted by Gasteiger charge is 2.14. The summed E-state index contributed by atoms with van der Waals surface area (Å²) in [5, 5.41) is 3.31. The summed E-state index contributed by atoms with van der Waals surface area (Å²) < 4.78 is 0. The Morgan fingerprint density at radius 3 is 2.48 bits per heavy atom. The second kappa shape index (κ2) is 9.63. The molecule has 0 saturated heterocycles. The van der Waals surface area contributed by atoms with E-state index in [1.54, 1.807) is 0 Å². The molecule has 116 valence electrons. The smallest absolute Gasteiger partial charge is 0.251 e. The van der Waals surface area contributed by atoms with Crippen molar-refractivity contribution in [2.75, 3.05) is 6.54 Å². The molecule has 6 heteroatoms. The van der Waals surface area contributed by atoms with Crippen molar-refractivity contribution < 1.29 is 4.79 Å². The third-order valence-electron chi connectivity index (χ3n) is 2.73. The molecule has 0 saturated carbocycles. The molecule has 0 aliphatic rings. The molecule has 1 aromatic carbocycles. The zero-order chi connectivity index (χ0) is 15.7. The van der Waals surface area contributed by atoms with Gasteiger partial charge in [-0.05, 0) is 43.6 Å². The van der Waals surface area contributed by atoms with E-state index < -0.39 is 0 Å². The van der Waals surface area contributed by atoms with Crippen molar-refractivity contribution in [3.63, 3.8) is 0 Å². The first-order chi connectivity index (χ1) is 9.99. The maximum atomic E-state index is 12.0. The minimum atomic E-state index is -0.196. The van der Waals surface area contributed by atoms with Gasteiger partial charge in [0, 0.05) is 11.4 Å². The van der Waals surface area contributed by atoms with Crippen molar-refractivity contribution in [3.05, 3.63) is 30.3 Å². The van der Waals surface area contributed by atoms with Crippen LogP contribution in [0.2, 0.25) is 0 Å². The first kappa shape index (κ1) is 17.8. The Kier molecular flexibility index (Phi) is 8.15. The number of hydrogen-bond donors (Lipinski definition) is 3. The average Bonchev–Trinajstić information content (AvgIpc) is 2.45. The molecule has 3 N–H and O–H groups in total. The molecule has 21 heavy (non-hydrogen) atoms. The summed E-state index contributed by atoms with van der Waals surface area (Å²) in [7, 11) is 0. The van der Waals surface area contributed by atoms with Crippen LogP contribution in [-0.4, -0.2) is 22.8 Å². The first-order valence-corrected chi connectivity index (χ1v) is 8.33. The topological polar surface area (TPSA) is 53.2 Å². The van der Waals surface area contributed by atoms with E-state index in [1.807, 2.05) is 37.3 Å². The maximum Gasteiger partial charge on any atom is 0.251 e. The largest absolute Gasteiger partial charge is 0.361 e. The van der Waals surface area contributed by atoms with E-state index in [-0.39, 0.29) is 11.2 Å². The van der Waals surface area contributed by atoms with Crippen molar-refractivity contribution in [3.8, 4) is 0 Å². The van der Waals surface area contributed by atoms with Crippen LogP contribution in [0, 0.1) is 5.92 Å². The summed E-state index contributed by atoms with van der Waals surface area (Å²) >= 11 is 6.61. The number of thioether (sulfide) groups is 1. The van der Waals surface area contributed by atoms with Crippen molar-refractivity contribution in [2.45, 2.75) is 37.3 Å². The van der Waals surface area contributed by atoms with E-state index in [1.165, 1.54) is 11.8 Å². The monoisotopic (exact) mass is 325 g/mol. The van der Waals surface area contributed by atoms with E-state index in [0.29, 0.717) is 11.0 Å². The molecule has 0 radical (unpaired) electrons. The average molecular weight is 326 g/mol. The lowest BCUT2D eigenvalue weighted by molar-refractivity contribution is -0.120. The van der Waals surface area contributed by atoms with Gasteiger partial charge in [-0.15, -0.1) is 11.8 Å². The SMILES string of the molecule is CC(C)CCNC(=S)NNC(=O)[C@H](C)Sc1ccccc1. The lowest BCUT2D eigenvalue weighted by Gasteiger charge is -2.15. The van der Waals surface area contributed by atoms with Gasteiger partial charge in [0.05, 0.1) is 5.25 Å². The minimum Gasteiger partial charge on any atom is -0.361 e. The second-order valence-electron chi connectivity index (χ2n) is 5.13. The zero-order valence-corrected chi connectivity index (χ0v) is 14.3. The van der Waals surface area contributed by atoms with Gasteiger partial charge in [0.2, 0.25) is 0 Å². The standard InChI is InChI=1S/C15H23N3OS2/c1-11(2)9-10-16-15(20)18-17-14(19)12(3)21-13-7-5-4-6-8-13/h4-8,11-12H,9-10H2,1-3H3,(H,17,19)(H2,16,18,20)/t12-/m0/s1. The highest BCUT2D eigenvalue weighted by Crippen LogP contribution is 2.22. The molecule has 0 bridgehead atoms. The predicted molar refractivity (Wildman–Crippen MR) is 93.1 cm³/mol. The summed E-state index contributed by atoms with van der Waals surface area (Å²) in [6.45, 7) is 6.97. The van der Waals surface area contributed by atoms with Gasteiger partial charge >= 0.3 is 0 Å². The fourth-order valence-corrected chi connectivity index (χ4v) is 2.54. The normalized spacial score (nSPS) is 11.8. The predicted octanol–water partition coefficient (Wildman–Crippen LogP) is 2.71. The Morgan fingerprint density at radius 1 is 1.19 bits per heavy atom. The molecule has 1 amide bonds. The van der Waals surface area contributed by atoms with Gasteiger partial charge in [0.25, 0.3) is 5.91 Å². The van der Waals surface area contributed by atoms with Crippen molar-refractivity contribution in [1.29, 1.82) is 0 Å². The summed E-state index contributed by atoms with van der Waals surface area (Å²) in [6, 6.07) is 9.84. The van der Waals surface area contributed by atoms with Gasteiger partial charge in [-0.2, -0.15) is 0 Å². The summed E-state index contributed by atoms with van der Waals surface area (Å²) in [5.41, 5.74) is 5.36. The van der Waals surface area contributed by atoms with Crippen molar-refractivity contribution in [2.24, 2.45) is 5.92 Å². The Labute approximate surface area is 136 Å². The van der Waals surface area contributed by atoms with Gasteiger partial charge in [-0.25, -0.2) is 0 Å². The first-order valence-electron chi connectivity index (χ1n) is 7.04. The Hall–Kier alpha value is -1.27. The molecule has 0 fully saturated rings. The van der Waals surface area contributed by atoms with E-state index in [9.17, 15) is 4.79 Å². The summed E-state index contributed by atoms with van der Waals surface area (Å²) in [6.07, 6.45) is 1.04. The quantitative estimate of drug-likeness (QED) is 0.426. The molecule has 1 atom stereocenters. The van der Waals surface area contributed by atoms with Gasteiger partial charge in [-0.3, -0.25) is 15.6 Å². The lowest BCUT2D eigenvalue weighted by atomic mass is 10.1. The van der Waals surface area contributed by atoms with Crippen LogP contribution in [-0.2, 0) is 4.79 Å². The fourth-order valence-electron chi connectivity index (χ4n) is 1.50. The summed E-state index contributed by atoms with van der Waals surface area (Å²) in [4.78, 5) is 13.0. The summed E-state index contributed by atoms with van der Waals surface area (Å²) in [5.74, 6) is 0.522. The minimum absolute atomic E-state index is 0.100. The molecule has 0 aromatic heterocycles. The molecule has 1 rings (SSSR count). The van der Waals surface area contributed by atoms with Crippen LogP contribution in [0.3, 0.4) is 0 Å². The van der Waals surface area contributed by atoms with Crippen LogP contribution < -0.4 is 16.2 Å². The number of carbonyl (C=O) groups is 1. The number of hydrazine groups is 1. The maximum absolute atomic E-state index is 12.0. The molecular formula is C15H23N3OS2. The zero-order valence-electron chi connectivity index (χ0n) is 12.7. The Balaban J connectivity index is 2.25. The molecule has 0 aliphatic heterocycles. The van der Waals surface area contributed by atoms with Crippen LogP contribution in [0.4, 0.5) is 0 Å². The molecule has 4 nitrogen and oxygen atoms in total. The van der Waals surface area contributed by atoms with Crippen LogP contribution in [0.25, 0.3) is 0 Å². The number of thiocarbonyl (C=S) groups is 1. The number of hydrogen-bond acceptors (Lipinski definition) is 3. The van der Waals surface area contributed by atoms with E-state index >= 15 is 0 Å². The number of carbonyl (C=O) groups excluding carboxylic acids is 1. The van der Waals surface area contributed by atoms with Gasteiger partial charge < -0.3 is 5.32 Å². The highest BCUT2D eigenvalue weighted by atomic mass is 32.2. The van der Waals surface area contributed by atoms with Gasteiger partial charge in [0.1, 0.15) is 0 Å². The third-order valence-corrected chi connectivity index (χ3v) is 4.09. The third kappa shape index (κ3) is 7.92. The van der Waals surface area contributed by atoms with Crippen LogP contribution >= 0.6 is 24.0 Å².